The molecule has 0 radical (unpaired) electrons. The van der Waals surface area contributed by atoms with E-state index in [2.05, 4.69) is 13.8 Å². The van der Waals surface area contributed by atoms with Gasteiger partial charge in [0.05, 0.1) is 0 Å². The summed E-state index contributed by atoms with van der Waals surface area (Å²) in [6.45, 7) is 6.10. The number of hydrogen-bond acceptors (Lipinski definition) is 1. The lowest BCUT2D eigenvalue weighted by Crippen LogP contribution is -2.06. The van der Waals surface area contributed by atoms with Gasteiger partial charge < -0.3 is 0 Å². The molecule has 0 heterocycles. The Balaban J connectivity index is 2.59. The van der Waals surface area contributed by atoms with Crippen LogP contribution < -0.4 is 0 Å². The largest absolute Gasteiger partial charge is 0.299 e. The second-order valence-electron chi connectivity index (χ2n) is 4.72. The van der Waals surface area contributed by atoms with Crippen molar-refractivity contribution in [3.8, 4) is 0 Å². The summed E-state index contributed by atoms with van der Waals surface area (Å²) in [6, 6.07) is 4.61. The van der Waals surface area contributed by atoms with Crippen molar-refractivity contribution in [2.75, 3.05) is 0 Å². The fourth-order valence-corrected chi connectivity index (χ4v) is 1.58. The highest BCUT2D eigenvalue weighted by atomic mass is 19.1. The van der Waals surface area contributed by atoms with Gasteiger partial charge in [-0.3, -0.25) is 4.79 Å². The first-order valence-electron chi connectivity index (χ1n) is 5.75. The number of benzene rings is 1. The summed E-state index contributed by atoms with van der Waals surface area (Å²) in [5.41, 5.74) is 1.80. The fourth-order valence-electron chi connectivity index (χ4n) is 1.58. The van der Waals surface area contributed by atoms with Crippen molar-refractivity contribution < 1.29 is 9.18 Å². The molecule has 16 heavy (non-hydrogen) atoms. The van der Waals surface area contributed by atoms with Gasteiger partial charge in [0.1, 0.15) is 11.6 Å². The molecule has 88 valence electrons. The monoisotopic (exact) mass is 222 g/mol. The van der Waals surface area contributed by atoms with Crippen LogP contribution in [0.1, 0.15) is 37.8 Å². The first kappa shape index (κ1) is 12.9. The summed E-state index contributed by atoms with van der Waals surface area (Å²) < 4.78 is 13.0. The van der Waals surface area contributed by atoms with Gasteiger partial charge in [-0.25, -0.2) is 4.39 Å². The fraction of sp³-hybridized carbons (Fsp3) is 0.500. The SMILES string of the molecule is Cc1ccc(F)cc1CC(=O)CCC(C)C. The summed E-state index contributed by atoms with van der Waals surface area (Å²) in [5, 5.41) is 0. The Morgan fingerprint density at radius 3 is 2.69 bits per heavy atom. The van der Waals surface area contributed by atoms with Crippen LogP contribution in [0.5, 0.6) is 0 Å². The molecule has 1 aromatic carbocycles. The van der Waals surface area contributed by atoms with Gasteiger partial charge in [-0.1, -0.05) is 19.9 Å². The molecule has 0 N–H and O–H groups in total. The third-order valence-corrected chi connectivity index (χ3v) is 2.70. The molecule has 0 unspecified atom stereocenters. The second kappa shape index (κ2) is 5.78. The van der Waals surface area contributed by atoms with Gasteiger partial charge in [0, 0.05) is 12.8 Å². The Bertz CT molecular complexity index is 369. The number of carbonyl (C=O) groups is 1. The van der Waals surface area contributed by atoms with Crippen molar-refractivity contribution in [3.05, 3.63) is 35.1 Å². The van der Waals surface area contributed by atoms with Crippen molar-refractivity contribution in [1.29, 1.82) is 0 Å². The third kappa shape index (κ3) is 4.13. The van der Waals surface area contributed by atoms with Crippen molar-refractivity contribution in [3.63, 3.8) is 0 Å². The van der Waals surface area contributed by atoms with Crippen LogP contribution in [0.2, 0.25) is 0 Å². The Kier molecular flexibility index (Phi) is 4.66. The van der Waals surface area contributed by atoms with E-state index in [0.29, 0.717) is 18.8 Å². The van der Waals surface area contributed by atoms with E-state index in [1.165, 1.54) is 12.1 Å². The zero-order valence-electron chi connectivity index (χ0n) is 10.2. The molecular formula is C14H19FO. The number of hydrogen-bond donors (Lipinski definition) is 0. The Hall–Kier alpha value is -1.18. The molecule has 0 saturated carbocycles. The van der Waals surface area contributed by atoms with Gasteiger partial charge in [0.2, 0.25) is 0 Å². The van der Waals surface area contributed by atoms with Gasteiger partial charge in [-0.05, 0) is 42.5 Å². The molecule has 0 atom stereocenters. The van der Waals surface area contributed by atoms with Gasteiger partial charge in [-0.15, -0.1) is 0 Å². The minimum atomic E-state index is -0.266. The highest BCUT2D eigenvalue weighted by molar-refractivity contribution is 5.81. The number of aryl methyl sites for hydroxylation is 1. The van der Waals surface area contributed by atoms with Crippen LogP contribution in [0, 0.1) is 18.7 Å². The summed E-state index contributed by atoms with van der Waals surface area (Å²) in [4.78, 5) is 11.7. The maximum absolute atomic E-state index is 13.0. The molecule has 0 fully saturated rings. The molecule has 0 aliphatic carbocycles. The summed E-state index contributed by atoms with van der Waals surface area (Å²) >= 11 is 0. The molecule has 1 rings (SSSR count). The first-order chi connectivity index (χ1) is 7.49. The van der Waals surface area contributed by atoms with E-state index in [1.807, 2.05) is 6.92 Å². The zero-order chi connectivity index (χ0) is 12.1. The zero-order valence-corrected chi connectivity index (χ0v) is 10.2. The molecule has 0 amide bonds. The van der Waals surface area contributed by atoms with E-state index < -0.39 is 0 Å². The van der Waals surface area contributed by atoms with Crippen LogP contribution in [0.25, 0.3) is 0 Å². The Morgan fingerprint density at radius 1 is 1.38 bits per heavy atom. The van der Waals surface area contributed by atoms with Gasteiger partial charge in [0.15, 0.2) is 0 Å². The molecule has 1 nitrogen and oxygen atoms in total. The molecule has 0 spiro atoms. The minimum Gasteiger partial charge on any atom is -0.299 e. The van der Waals surface area contributed by atoms with Crippen molar-refractivity contribution in [2.24, 2.45) is 5.92 Å². The number of ketones is 1. The highest BCUT2D eigenvalue weighted by Crippen LogP contribution is 2.13. The minimum absolute atomic E-state index is 0.197. The van der Waals surface area contributed by atoms with Crippen LogP contribution in [0.4, 0.5) is 4.39 Å². The van der Waals surface area contributed by atoms with Crippen LogP contribution in [-0.2, 0) is 11.2 Å². The van der Waals surface area contributed by atoms with Crippen molar-refractivity contribution in [2.45, 2.75) is 40.0 Å². The number of Topliss-reactive ketones (excluding diaryl/α,β-unsaturated/α-hetero) is 1. The van der Waals surface area contributed by atoms with Crippen molar-refractivity contribution in [1.82, 2.24) is 0 Å². The molecular weight excluding hydrogens is 203 g/mol. The van der Waals surface area contributed by atoms with E-state index in [0.717, 1.165) is 17.5 Å². The van der Waals surface area contributed by atoms with Gasteiger partial charge in [0.25, 0.3) is 0 Å². The average Bonchev–Trinajstić information content (AvgIpc) is 2.20. The van der Waals surface area contributed by atoms with E-state index in [-0.39, 0.29) is 11.6 Å². The Labute approximate surface area is 96.7 Å². The predicted molar refractivity (Wildman–Crippen MR) is 63.9 cm³/mol. The molecule has 0 bridgehead atoms. The van der Waals surface area contributed by atoms with Gasteiger partial charge >= 0.3 is 0 Å². The summed E-state index contributed by atoms with van der Waals surface area (Å²) in [7, 11) is 0. The summed E-state index contributed by atoms with van der Waals surface area (Å²) in [6.07, 6.45) is 1.86. The first-order valence-corrected chi connectivity index (χ1v) is 5.75. The summed E-state index contributed by atoms with van der Waals surface area (Å²) in [5.74, 6) is 0.470. The standard InChI is InChI=1S/C14H19FO/c1-10(2)4-7-14(16)9-12-8-13(15)6-5-11(12)3/h5-6,8,10H,4,7,9H2,1-3H3. The van der Waals surface area contributed by atoms with Crippen LogP contribution in [0.15, 0.2) is 18.2 Å². The van der Waals surface area contributed by atoms with E-state index in [1.54, 1.807) is 6.07 Å². The molecule has 2 heteroatoms. The second-order valence-corrected chi connectivity index (χ2v) is 4.72. The number of rotatable bonds is 5. The molecule has 0 saturated heterocycles. The molecule has 0 aliphatic rings. The number of carbonyl (C=O) groups excluding carboxylic acids is 1. The van der Waals surface area contributed by atoms with Crippen LogP contribution in [-0.4, -0.2) is 5.78 Å². The predicted octanol–water partition coefficient (Wildman–Crippen LogP) is 3.68. The molecule has 1 aromatic rings. The highest BCUT2D eigenvalue weighted by Gasteiger charge is 2.08. The van der Waals surface area contributed by atoms with E-state index >= 15 is 0 Å². The smallest absolute Gasteiger partial charge is 0.137 e. The maximum atomic E-state index is 13.0. The number of halogens is 1. The van der Waals surface area contributed by atoms with Crippen LogP contribution in [0.3, 0.4) is 0 Å². The average molecular weight is 222 g/mol. The van der Waals surface area contributed by atoms with Crippen molar-refractivity contribution >= 4 is 5.78 Å². The lowest BCUT2D eigenvalue weighted by atomic mass is 9.98. The van der Waals surface area contributed by atoms with E-state index in [9.17, 15) is 9.18 Å². The lowest BCUT2D eigenvalue weighted by Gasteiger charge is -2.06. The lowest BCUT2D eigenvalue weighted by molar-refractivity contribution is -0.118. The van der Waals surface area contributed by atoms with Gasteiger partial charge in [-0.2, -0.15) is 0 Å². The topological polar surface area (TPSA) is 17.1 Å². The van der Waals surface area contributed by atoms with E-state index in [4.69, 9.17) is 0 Å². The maximum Gasteiger partial charge on any atom is 0.137 e. The quantitative estimate of drug-likeness (QED) is 0.742. The molecule has 0 aliphatic heterocycles. The third-order valence-electron chi connectivity index (χ3n) is 2.70. The van der Waals surface area contributed by atoms with Crippen LogP contribution >= 0.6 is 0 Å². The molecule has 0 aromatic heterocycles. The Morgan fingerprint density at radius 2 is 2.06 bits per heavy atom. The normalized spacial score (nSPS) is 10.8.